The molecular formula is C22H23NO3. The van der Waals surface area contributed by atoms with Crippen molar-refractivity contribution in [1.29, 1.82) is 0 Å². The molecule has 26 heavy (non-hydrogen) atoms. The molecule has 1 aliphatic heterocycles. The predicted molar refractivity (Wildman–Crippen MR) is 99.2 cm³/mol. The van der Waals surface area contributed by atoms with E-state index in [9.17, 15) is 14.7 Å². The number of fused-ring (bicyclic) bond motifs is 3. The average molecular weight is 349 g/mol. The van der Waals surface area contributed by atoms with Crippen molar-refractivity contribution in [3.63, 3.8) is 0 Å². The van der Waals surface area contributed by atoms with Gasteiger partial charge in [0, 0.05) is 23.9 Å². The third-order valence-corrected chi connectivity index (χ3v) is 6.08. The molecule has 0 aromatic heterocycles. The van der Waals surface area contributed by atoms with Gasteiger partial charge in [0.15, 0.2) is 5.54 Å². The minimum absolute atomic E-state index is 0.109. The second-order valence-corrected chi connectivity index (χ2v) is 7.81. The largest absolute Gasteiger partial charge is 0.479 e. The Kier molecular flexibility index (Phi) is 3.69. The van der Waals surface area contributed by atoms with Crippen LogP contribution < -0.4 is 0 Å². The lowest BCUT2D eigenvalue weighted by Gasteiger charge is -2.60. The van der Waals surface area contributed by atoms with E-state index < -0.39 is 11.5 Å². The van der Waals surface area contributed by atoms with E-state index in [4.69, 9.17) is 0 Å². The summed E-state index contributed by atoms with van der Waals surface area (Å²) in [5.74, 6) is -1.05. The predicted octanol–water partition coefficient (Wildman–Crippen LogP) is 3.64. The number of rotatable bonds is 3. The summed E-state index contributed by atoms with van der Waals surface area (Å²) in [5.41, 5.74) is 2.43. The summed E-state index contributed by atoms with van der Waals surface area (Å²) in [7, 11) is 0. The van der Waals surface area contributed by atoms with Crippen molar-refractivity contribution in [2.75, 3.05) is 0 Å². The van der Waals surface area contributed by atoms with Crippen LogP contribution in [0.1, 0.15) is 46.8 Å². The van der Waals surface area contributed by atoms with Crippen LogP contribution in [-0.4, -0.2) is 33.5 Å². The van der Waals surface area contributed by atoms with Gasteiger partial charge < -0.3 is 10.0 Å². The third kappa shape index (κ3) is 2.02. The molecule has 4 heteroatoms. The van der Waals surface area contributed by atoms with E-state index in [2.05, 4.69) is 13.8 Å². The Morgan fingerprint density at radius 2 is 1.77 bits per heavy atom. The monoisotopic (exact) mass is 349 g/mol. The molecule has 1 aliphatic carbocycles. The number of carboxylic acid groups (broad SMARTS) is 1. The first-order chi connectivity index (χ1) is 12.4. The van der Waals surface area contributed by atoms with Gasteiger partial charge in [-0.25, -0.2) is 4.79 Å². The smallest absolute Gasteiger partial charge is 0.330 e. The summed E-state index contributed by atoms with van der Waals surface area (Å²) in [5, 5.41) is 10.2. The summed E-state index contributed by atoms with van der Waals surface area (Å²) in [4.78, 5) is 27.5. The van der Waals surface area contributed by atoms with Crippen LogP contribution >= 0.6 is 0 Å². The maximum absolute atomic E-state index is 13.4. The number of hydrogen-bond donors (Lipinski definition) is 1. The van der Waals surface area contributed by atoms with Crippen LogP contribution in [0.25, 0.3) is 0 Å². The Morgan fingerprint density at radius 1 is 1.12 bits per heavy atom. The number of amides is 1. The van der Waals surface area contributed by atoms with Crippen LogP contribution in [0.15, 0.2) is 48.5 Å². The zero-order valence-corrected chi connectivity index (χ0v) is 15.3. The Balaban J connectivity index is 1.86. The maximum atomic E-state index is 13.4. The van der Waals surface area contributed by atoms with Crippen molar-refractivity contribution in [2.24, 2.45) is 5.92 Å². The van der Waals surface area contributed by atoms with Gasteiger partial charge in [0.1, 0.15) is 0 Å². The number of nitrogens with zero attached hydrogens (tertiary/aromatic N) is 1. The summed E-state index contributed by atoms with van der Waals surface area (Å²) in [6.07, 6.45) is 0.379. The van der Waals surface area contributed by atoms with Crippen molar-refractivity contribution in [3.05, 3.63) is 70.8 Å². The Labute approximate surface area is 153 Å². The van der Waals surface area contributed by atoms with Crippen LogP contribution in [0, 0.1) is 12.8 Å². The quantitative estimate of drug-likeness (QED) is 0.920. The zero-order chi connectivity index (χ0) is 18.6. The molecule has 0 saturated carbocycles. The summed E-state index contributed by atoms with van der Waals surface area (Å²) in [6.45, 7) is 6.02. The number of likely N-dealkylation sites (tertiary alicyclic amines) is 1. The van der Waals surface area contributed by atoms with Gasteiger partial charge in [-0.2, -0.15) is 0 Å². The highest BCUT2D eigenvalue weighted by Crippen LogP contribution is 2.59. The number of carbonyl (C=O) groups excluding carboxylic acids is 1. The van der Waals surface area contributed by atoms with Gasteiger partial charge in [-0.3, -0.25) is 4.79 Å². The van der Waals surface area contributed by atoms with Crippen LogP contribution in [0.5, 0.6) is 0 Å². The number of aliphatic carboxylic acids is 1. The van der Waals surface area contributed by atoms with Crippen LogP contribution in [0.2, 0.25) is 0 Å². The first-order valence-corrected chi connectivity index (χ1v) is 9.10. The first-order valence-electron chi connectivity index (χ1n) is 9.10. The molecule has 3 atom stereocenters. The molecule has 1 fully saturated rings. The molecule has 0 spiro atoms. The summed E-state index contributed by atoms with van der Waals surface area (Å²) < 4.78 is 0. The Hall–Kier alpha value is -2.62. The van der Waals surface area contributed by atoms with Gasteiger partial charge in [0.2, 0.25) is 0 Å². The van der Waals surface area contributed by atoms with E-state index in [1.54, 1.807) is 11.0 Å². The first kappa shape index (κ1) is 16.8. The van der Waals surface area contributed by atoms with E-state index in [0.717, 1.165) is 16.7 Å². The second kappa shape index (κ2) is 5.70. The van der Waals surface area contributed by atoms with Crippen molar-refractivity contribution in [1.82, 2.24) is 4.90 Å². The molecule has 2 aliphatic rings. The number of carboxylic acids is 1. The lowest BCUT2D eigenvalue weighted by Crippen LogP contribution is -2.76. The lowest BCUT2D eigenvalue weighted by molar-refractivity contribution is -0.169. The number of hydrogen-bond acceptors (Lipinski definition) is 2. The molecule has 4 rings (SSSR count). The van der Waals surface area contributed by atoms with E-state index in [1.165, 1.54) is 0 Å². The molecule has 2 aromatic carbocycles. The molecule has 134 valence electrons. The van der Waals surface area contributed by atoms with Crippen molar-refractivity contribution >= 4 is 11.9 Å². The number of carbonyl (C=O) groups is 2. The van der Waals surface area contributed by atoms with Crippen molar-refractivity contribution in [2.45, 2.75) is 44.7 Å². The Bertz CT molecular complexity index is 904. The Morgan fingerprint density at radius 3 is 2.42 bits per heavy atom. The molecule has 1 saturated heterocycles. The van der Waals surface area contributed by atoms with E-state index in [1.807, 2.05) is 49.4 Å². The minimum Gasteiger partial charge on any atom is -0.479 e. The molecule has 0 radical (unpaired) electrons. The van der Waals surface area contributed by atoms with Crippen LogP contribution in [0.4, 0.5) is 0 Å². The fraction of sp³-hybridized carbons (Fsp3) is 0.364. The maximum Gasteiger partial charge on any atom is 0.330 e. The normalized spacial score (nSPS) is 26.2. The lowest BCUT2D eigenvalue weighted by atomic mass is 9.64. The molecule has 1 heterocycles. The third-order valence-electron chi connectivity index (χ3n) is 6.08. The number of aryl methyl sites for hydroxylation is 1. The fourth-order valence-electron chi connectivity index (χ4n) is 4.94. The van der Waals surface area contributed by atoms with Crippen molar-refractivity contribution < 1.29 is 14.7 Å². The highest BCUT2D eigenvalue weighted by molar-refractivity contribution is 6.02. The minimum atomic E-state index is -1.17. The zero-order valence-electron chi connectivity index (χ0n) is 15.3. The number of benzene rings is 2. The fourth-order valence-corrected chi connectivity index (χ4v) is 4.94. The highest BCUT2D eigenvalue weighted by Gasteiger charge is 2.70. The van der Waals surface area contributed by atoms with Crippen molar-refractivity contribution in [3.8, 4) is 0 Å². The van der Waals surface area contributed by atoms with Crippen LogP contribution in [0.3, 0.4) is 0 Å². The second-order valence-electron chi connectivity index (χ2n) is 7.81. The molecular weight excluding hydrogens is 326 g/mol. The van der Waals surface area contributed by atoms with Gasteiger partial charge in [0.25, 0.3) is 5.91 Å². The van der Waals surface area contributed by atoms with Gasteiger partial charge in [-0.1, -0.05) is 56.3 Å². The topological polar surface area (TPSA) is 57.6 Å². The molecule has 0 bridgehead atoms. The van der Waals surface area contributed by atoms with E-state index >= 15 is 0 Å². The van der Waals surface area contributed by atoms with E-state index in [0.29, 0.717) is 12.0 Å². The molecule has 3 unspecified atom stereocenters. The van der Waals surface area contributed by atoms with Crippen LogP contribution in [-0.2, 0) is 11.2 Å². The molecule has 1 N–H and O–H groups in total. The summed E-state index contributed by atoms with van der Waals surface area (Å²) >= 11 is 0. The van der Waals surface area contributed by atoms with Gasteiger partial charge >= 0.3 is 5.97 Å². The summed E-state index contributed by atoms with van der Waals surface area (Å²) in [6, 6.07) is 15.2. The standard InChI is InChI=1S/C22H23NO3/c1-13(2)19-18-17-11-7-5-9-15(17)12-22(18,21(25)26)23(19)20(24)16-10-6-4-8-14(16)3/h4-11,13,18-19H,12H2,1-3H3,(H,25,26). The van der Waals surface area contributed by atoms with Gasteiger partial charge in [0.05, 0.1) is 0 Å². The van der Waals surface area contributed by atoms with E-state index in [-0.39, 0.29) is 23.8 Å². The van der Waals surface area contributed by atoms with Gasteiger partial charge in [-0.05, 0) is 35.6 Å². The van der Waals surface area contributed by atoms with Gasteiger partial charge in [-0.15, -0.1) is 0 Å². The molecule has 4 nitrogen and oxygen atoms in total. The SMILES string of the molecule is Cc1ccccc1C(=O)N1C(C(C)C)C2c3ccccc3CC21C(=O)O. The molecule has 1 amide bonds. The average Bonchev–Trinajstić information content (AvgIpc) is 2.86. The highest BCUT2D eigenvalue weighted by atomic mass is 16.4. The molecule has 2 aromatic rings.